The second-order valence-corrected chi connectivity index (χ2v) is 7.72. The van der Waals surface area contributed by atoms with Crippen LogP contribution < -0.4 is 21.9 Å². The third kappa shape index (κ3) is 6.03. The fourth-order valence-corrected chi connectivity index (χ4v) is 3.60. The summed E-state index contributed by atoms with van der Waals surface area (Å²) in [6.07, 6.45) is -0.765. The molecule has 1 aliphatic rings. The van der Waals surface area contributed by atoms with Gasteiger partial charge in [0.05, 0.1) is 6.04 Å². The number of hydrogen-bond donors (Lipinski definition) is 3. The summed E-state index contributed by atoms with van der Waals surface area (Å²) in [6, 6.07) is 7.58. The molecule has 1 saturated heterocycles. The van der Waals surface area contributed by atoms with Crippen molar-refractivity contribution >= 4 is 12.0 Å². The maximum atomic E-state index is 12.4. The largest absolute Gasteiger partial charge is 0.447 e. The maximum absolute atomic E-state index is 12.4. The summed E-state index contributed by atoms with van der Waals surface area (Å²) in [5.74, 6) is -0.391. The fourth-order valence-electron chi connectivity index (χ4n) is 3.60. The molecule has 3 rings (SSSR count). The summed E-state index contributed by atoms with van der Waals surface area (Å²) in [6.45, 7) is 1.26. The van der Waals surface area contributed by atoms with Crippen LogP contribution in [-0.4, -0.2) is 53.4 Å². The first-order valence-corrected chi connectivity index (χ1v) is 10.5. The van der Waals surface area contributed by atoms with Crippen molar-refractivity contribution < 1.29 is 19.1 Å². The van der Waals surface area contributed by atoms with Gasteiger partial charge in [0.1, 0.15) is 25.0 Å². The molecular weight excluding hydrogens is 446 g/mol. The highest BCUT2D eigenvalue weighted by molar-refractivity contribution is 5.85. The first-order chi connectivity index (χ1) is 16.3. The topological polar surface area (TPSA) is 180 Å². The van der Waals surface area contributed by atoms with Crippen molar-refractivity contribution in [2.45, 2.75) is 44.2 Å². The Morgan fingerprint density at radius 1 is 1.35 bits per heavy atom. The van der Waals surface area contributed by atoms with Gasteiger partial charge in [-0.25, -0.2) is 9.59 Å². The summed E-state index contributed by atoms with van der Waals surface area (Å²) in [4.78, 5) is 53.4. The summed E-state index contributed by atoms with van der Waals surface area (Å²) in [5.41, 5.74) is 8.86. The van der Waals surface area contributed by atoms with Gasteiger partial charge in [0.15, 0.2) is 0 Å². The van der Waals surface area contributed by atoms with Crippen molar-refractivity contribution in [1.29, 1.82) is 0 Å². The molecular formula is C21H25N7O6. The van der Waals surface area contributed by atoms with Crippen molar-refractivity contribution in [2.24, 2.45) is 5.11 Å². The minimum Gasteiger partial charge on any atom is -0.447 e. The van der Waals surface area contributed by atoms with Crippen molar-refractivity contribution in [3.63, 3.8) is 0 Å². The Hall–Kier alpha value is -4.09. The molecule has 1 aromatic heterocycles. The number of ether oxygens (including phenoxy) is 2. The van der Waals surface area contributed by atoms with Gasteiger partial charge in [-0.3, -0.25) is 19.1 Å². The summed E-state index contributed by atoms with van der Waals surface area (Å²) < 4.78 is 12.2. The first kappa shape index (κ1) is 24.6. The van der Waals surface area contributed by atoms with Crippen LogP contribution in [0.3, 0.4) is 0 Å². The molecule has 3 N–H and O–H groups in total. The molecule has 0 spiro atoms. The molecule has 0 saturated carbocycles. The van der Waals surface area contributed by atoms with Gasteiger partial charge in [0, 0.05) is 36.6 Å². The lowest BCUT2D eigenvalue weighted by molar-refractivity contribution is -0.122. The first-order valence-electron chi connectivity index (χ1n) is 10.5. The van der Waals surface area contributed by atoms with E-state index in [9.17, 15) is 19.2 Å². The quantitative estimate of drug-likeness (QED) is 0.292. The Labute approximate surface area is 193 Å². The third-order valence-electron chi connectivity index (χ3n) is 5.38. The number of likely N-dealkylation sites (N-methyl/N-ethyl adjacent to an activating group) is 1. The molecule has 13 heteroatoms. The van der Waals surface area contributed by atoms with Crippen LogP contribution in [0, 0.1) is 6.92 Å². The van der Waals surface area contributed by atoms with Gasteiger partial charge in [-0.1, -0.05) is 35.4 Å². The lowest BCUT2D eigenvalue weighted by atomic mass is 10.1. The van der Waals surface area contributed by atoms with Crippen molar-refractivity contribution in [3.05, 3.63) is 78.9 Å². The number of hydrogen-bond acceptors (Lipinski definition) is 7. The zero-order chi connectivity index (χ0) is 24.7. The van der Waals surface area contributed by atoms with Crippen LogP contribution in [-0.2, 0) is 20.7 Å². The standard InChI is InChI=1S/C21H25N7O6/c1-12-10-28(20(31)25-18(12)29)17-9-14(26-27-22)16(34-17)11-33-21(32)24-15(19(30)23-2)8-13-6-4-3-5-7-13/h3-7,10,14-17H,8-9,11H2,1-2H3,(H,23,30)(H,24,32)(H,25,29,31)/t14?,15-,16?,17?/m1/s1. The van der Waals surface area contributed by atoms with Crippen molar-refractivity contribution in [3.8, 4) is 0 Å². The highest BCUT2D eigenvalue weighted by atomic mass is 16.6. The average Bonchev–Trinajstić information content (AvgIpc) is 3.22. The Kier molecular flexibility index (Phi) is 8.06. The van der Waals surface area contributed by atoms with Gasteiger partial charge in [-0.15, -0.1) is 0 Å². The predicted molar refractivity (Wildman–Crippen MR) is 120 cm³/mol. The van der Waals surface area contributed by atoms with Gasteiger partial charge in [0.2, 0.25) is 5.91 Å². The minimum absolute atomic E-state index is 0.139. The number of nitrogens with zero attached hydrogens (tertiary/aromatic N) is 4. The number of aromatic nitrogens is 2. The van der Waals surface area contributed by atoms with E-state index in [4.69, 9.17) is 15.0 Å². The zero-order valence-electron chi connectivity index (χ0n) is 18.6. The Bertz CT molecular complexity index is 1190. The van der Waals surface area contributed by atoms with Crippen LogP contribution in [0.5, 0.6) is 0 Å². The van der Waals surface area contributed by atoms with Crippen LogP contribution in [0.2, 0.25) is 0 Å². The zero-order valence-corrected chi connectivity index (χ0v) is 18.6. The number of aryl methyl sites for hydroxylation is 1. The number of alkyl carbamates (subject to hydrolysis) is 1. The molecule has 13 nitrogen and oxygen atoms in total. The number of H-pyrrole nitrogens is 1. The highest BCUT2D eigenvalue weighted by Crippen LogP contribution is 2.30. The SMILES string of the molecule is CNC(=O)[C@@H](Cc1ccccc1)NC(=O)OCC1OC(n2cc(C)c(=O)[nH]c2=O)CC1N=[N+]=[N-]. The van der Waals surface area contributed by atoms with E-state index >= 15 is 0 Å². The molecule has 2 aromatic rings. The lowest BCUT2D eigenvalue weighted by Gasteiger charge is -2.19. The van der Waals surface area contributed by atoms with E-state index in [1.807, 2.05) is 30.3 Å². The smallest absolute Gasteiger partial charge is 0.407 e. The van der Waals surface area contributed by atoms with Gasteiger partial charge >= 0.3 is 11.8 Å². The number of amides is 2. The van der Waals surface area contributed by atoms with Crippen LogP contribution in [0.1, 0.15) is 23.8 Å². The molecule has 4 atom stereocenters. The Morgan fingerprint density at radius 2 is 2.09 bits per heavy atom. The van der Waals surface area contributed by atoms with Gasteiger partial charge in [-0.2, -0.15) is 0 Å². The van der Waals surface area contributed by atoms with Crippen molar-refractivity contribution in [2.75, 3.05) is 13.7 Å². The molecule has 0 aliphatic carbocycles. The van der Waals surface area contributed by atoms with Crippen LogP contribution in [0.4, 0.5) is 4.79 Å². The van der Waals surface area contributed by atoms with E-state index in [1.165, 1.54) is 24.7 Å². The molecule has 2 amide bonds. The van der Waals surface area contributed by atoms with E-state index in [0.29, 0.717) is 5.56 Å². The number of carbonyl (C=O) groups is 2. The van der Waals surface area contributed by atoms with Crippen LogP contribution in [0.25, 0.3) is 10.4 Å². The lowest BCUT2D eigenvalue weighted by Crippen LogP contribution is -2.47. The second kappa shape index (κ2) is 11.2. The minimum atomic E-state index is -0.868. The van der Waals surface area contributed by atoms with Crippen molar-refractivity contribution in [1.82, 2.24) is 20.2 Å². The third-order valence-corrected chi connectivity index (χ3v) is 5.38. The molecule has 3 unspecified atom stereocenters. The van der Waals surface area contributed by atoms with E-state index in [1.54, 1.807) is 0 Å². The molecule has 180 valence electrons. The summed E-state index contributed by atoms with van der Waals surface area (Å²) in [5, 5.41) is 8.71. The van der Waals surface area contributed by atoms with Gasteiger partial charge < -0.3 is 20.1 Å². The second-order valence-electron chi connectivity index (χ2n) is 7.72. The monoisotopic (exact) mass is 471 g/mol. The molecule has 1 aromatic carbocycles. The number of rotatable bonds is 8. The predicted octanol–water partition coefficient (Wildman–Crippen LogP) is 0.895. The molecule has 34 heavy (non-hydrogen) atoms. The fraction of sp³-hybridized carbons (Fsp3) is 0.429. The average molecular weight is 471 g/mol. The maximum Gasteiger partial charge on any atom is 0.407 e. The van der Waals surface area contributed by atoms with E-state index in [-0.39, 0.29) is 19.4 Å². The summed E-state index contributed by atoms with van der Waals surface area (Å²) >= 11 is 0. The number of azide groups is 1. The number of carbonyl (C=O) groups excluding carboxylic acids is 2. The van der Waals surface area contributed by atoms with E-state index in [2.05, 4.69) is 25.6 Å². The van der Waals surface area contributed by atoms with Gasteiger partial charge in [0.25, 0.3) is 5.56 Å². The molecule has 1 aliphatic heterocycles. The summed E-state index contributed by atoms with van der Waals surface area (Å²) in [7, 11) is 1.46. The number of aromatic amines is 1. The van der Waals surface area contributed by atoms with E-state index in [0.717, 1.165) is 5.56 Å². The van der Waals surface area contributed by atoms with E-state index < -0.39 is 47.7 Å². The molecule has 0 bridgehead atoms. The number of benzene rings is 1. The van der Waals surface area contributed by atoms with Crippen LogP contribution >= 0.6 is 0 Å². The molecule has 0 radical (unpaired) electrons. The molecule has 2 heterocycles. The normalized spacial score (nSPS) is 20.1. The number of nitrogens with one attached hydrogen (secondary N) is 3. The Balaban J connectivity index is 1.65. The Morgan fingerprint density at radius 3 is 2.76 bits per heavy atom. The van der Waals surface area contributed by atoms with Crippen LogP contribution in [0.15, 0.2) is 51.2 Å². The molecule has 1 fully saturated rings. The van der Waals surface area contributed by atoms with Gasteiger partial charge in [-0.05, 0) is 18.0 Å². The highest BCUT2D eigenvalue weighted by Gasteiger charge is 2.37.